The van der Waals surface area contributed by atoms with Gasteiger partial charge in [0.15, 0.2) is 0 Å². The molecule has 6 nitrogen and oxygen atoms in total. The Labute approximate surface area is 171 Å². The maximum Gasteiger partial charge on any atom is 0.332 e. The number of benzene rings is 2. The van der Waals surface area contributed by atoms with Crippen LogP contribution in [-0.2, 0) is 9.59 Å². The molecule has 142 valence electrons. The first kappa shape index (κ1) is 18.6. The molecule has 2 unspecified atom stereocenters. The van der Waals surface area contributed by atoms with E-state index >= 15 is 0 Å². The Bertz CT molecular complexity index is 966. The van der Waals surface area contributed by atoms with E-state index in [-0.39, 0.29) is 18.4 Å². The van der Waals surface area contributed by atoms with Gasteiger partial charge in [-0.1, -0.05) is 41.9 Å². The standard InChI is InChI=1S/C20H16ClN3O3S/c21-13-5-4-8-15(11-13)24-19(26)18-16(9-10-28-18)23(20(24)27)12-17(25)22-14-6-2-1-3-7-14/h1-11,16,18H,12H2,(H,22,25). The number of imide groups is 1. The molecular weight excluding hydrogens is 398 g/mol. The van der Waals surface area contributed by atoms with Crippen LogP contribution in [0.2, 0.25) is 5.02 Å². The highest BCUT2D eigenvalue weighted by atomic mass is 35.5. The van der Waals surface area contributed by atoms with Gasteiger partial charge < -0.3 is 10.2 Å². The second-order valence-corrected chi connectivity index (χ2v) is 7.84. The van der Waals surface area contributed by atoms with Crippen molar-refractivity contribution in [2.24, 2.45) is 0 Å². The molecule has 0 aliphatic carbocycles. The largest absolute Gasteiger partial charge is 0.332 e. The van der Waals surface area contributed by atoms with Crippen molar-refractivity contribution < 1.29 is 14.4 Å². The molecule has 2 aromatic rings. The minimum Gasteiger partial charge on any atom is -0.325 e. The van der Waals surface area contributed by atoms with E-state index in [1.807, 2.05) is 18.2 Å². The molecule has 2 atom stereocenters. The van der Waals surface area contributed by atoms with E-state index in [1.165, 1.54) is 16.7 Å². The van der Waals surface area contributed by atoms with Crippen molar-refractivity contribution in [3.63, 3.8) is 0 Å². The van der Waals surface area contributed by atoms with Crippen molar-refractivity contribution in [3.8, 4) is 0 Å². The van der Waals surface area contributed by atoms with Crippen LogP contribution in [0, 0.1) is 0 Å². The highest BCUT2D eigenvalue weighted by Crippen LogP contribution is 2.36. The highest BCUT2D eigenvalue weighted by Gasteiger charge is 2.48. The zero-order chi connectivity index (χ0) is 19.7. The quantitative estimate of drug-likeness (QED) is 0.828. The predicted molar refractivity (Wildman–Crippen MR) is 110 cm³/mol. The van der Waals surface area contributed by atoms with Gasteiger partial charge in [-0.15, -0.1) is 11.8 Å². The van der Waals surface area contributed by atoms with Crippen molar-refractivity contribution >= 4 is 52.6 Å². The SMILES string of the molecule is O=C(CN1C(=O)N(c2cccc(Cl)c2)C(=O)C2SC=CC21)Nc1ccccc1. The van der Waals surface area contributed by atoms with E-state index in [0.29, 0.717) is 16.4 Å². The molecule has 4 amide bonds. The van der Waals surface area contributed by atoms with Crippen LogP contribution >= 0.6 is 23.4 Å². The zero-order valence-electron chi connectivity index (χ0n) is 14.6. The molecule has 0 radical (unpaired) electrons. The van der Waals surface area contributed by atoms with Gasteiger partial charge in [0.25, 0.3) is 5.91 Å². The Hall–Kier alpha value is -2.77. The number of hydrogen-bond donors (Lipinski definition) is 1. The second kappa shape index (κ2) is 7.69. The van der Waals surface area contributed by atoms with E-state index in [1.54, 1.807) is 47.9 Å². The Morgan fingerprint density at radius 1 is 1.11 bits per heavy atom. The van der Waals surface area contributed by atoms with Gasteiger partial charge in [-0.2, -0.15) is 0 Å². The van der Waals surface area contributed by atoms with Crippen molar-refractivity contribution in [1.82, 2.24) is 4.90 Å². The molecule has 8 heteroatoms. The number of carbonyl (C=O) groups is 3. The summed E-state index contributed by atoms with van der Waals surface area (Å²) in [5.41, 5.74) is 1.04. The van der Waals surface area contributed by atoms with Gasteiger partial charge in [0, 0.05) is 10.7 Å². The molecule has 1 saturated heterocycles. The van der Waals surface area contributed by atoms with E-state index in [9.17, 15) is 14.4 Å². The number of nitrogens with zero attached hydrogens (tertiary/aromatic N) is 2. The number of para-hydroxylation sites is 1. The molecule has 2 aromatic carbocycles. The fraction of sp³-hybridized carbons (Fsp3) is 0.150. The Kier molecular flexibility index (Phi) is 5.11. The van der Waals surface area contributed by atoms with Crippen molar-refractivity contribution in [2.45, 2.75) is 11.3 Å². The number of thioether (sulfide) groups is 1. The number of nitrogens with one attached hydrogen (secondary N) is 1. The average molecular weight is 414 g/mol. The number of carbonyl (C=O) groups excluding carboxylic acids is 3. The van der Waals surface area contributed by atoms with Crippen LogP contribution in [0.25, 0.3) is 0 Å². The summed E-state index contributed by atoms with van der Waals surface area (Å²) in [6.45, 7) is -0.163. The van der Waals surface area contributed by atoms with Crippen LogP contribution in [0.1, 0.15) is 0 Å². The summed E-state index contributed by atoms with van der Waals surface area (Å²) < 4.78 is 0. The molecule has 2 heterocycles. The lowest BCUT2D eigenvalue weighted by molar-refractivity contribution is -0.121. The number of rotatable bonds is 4. The maximum absolute atomic E-state index is 13.1. The van der Waals surface area contributed by atoms with E-state index < -0.39 is 17.3 Å². The molecule has 0 spiro atoms. The monoisotopic (exact) mass is 413 g/mol. The van der Waals surface area contributed by atoms with E-state index in [4.69, 9.17) is 11.6 Å². The third-order valence-electron chi connectivity index (χ3n) is 4.51. The number of fused-ring (bicyclic) bond motifs is 1. The third-order valence-corrected chi connectivity index (χ3v) is 5.83. The van der Waals surface area contributed by atoms with E-state index in [2.05, 4.69) is 5.32 Å². The summed E-state index contributed by atoms with van der Waals surface area (Å²) in [6, 6.07) is 14.6. The summed E-state index contributed by atoms with van der Waals surface area (Å²) >= 11 is 7.38. The Balaban J connectivity index is 1.60. The molecule has 2 aliphatic heterocycles. The number of urea groups is 1. The first-order valence-corrected chi connectivity index (χ1v) is 9.94. The highest BCUT2D eigenvalue weighted by molar-refractivity contribution is 8.03. The topological polar surface area (TPSA) is 69.7 Å². The number of amides is 4. The number of hydrogen-bond acceptors (Lipinski definition) is 4. The summed E-state index contributed by atoms with van der Waals surface area (Å²) in [6.07, 6.45) is 1.79. The van der Waals surface area contributed by atoms with Gasteiger partial charge >= 0.3 is 6.03 Å². The normalized spacial score (nSPS) is 21.0. The van der Waals surface area contributed by atoms with Crippen molar-refractivity contribution in [2.75, 3.05) is 16.8 Å². The molecule has 0 bridgehead atoms. The summed E-state index contributed by atoms with van der Waals surface area (Å²) in [5.74, 6) is -0.643. The fourth-order valence-corrected chi connectivity index (χ4v) is 4.47. The summed E-state index contributed by atoms with van der Waals surface area (Å²) in [4.78, 5) is 41.1. The molecule has 1 fully saturated rings. The van der Waals surface area contributed by atoms with Crippen LogP contribution in [0.3, 0.4) is 0 Å². The summed E-state index contributed by atoms with van der Waals surface area (Å²) in [7, 11) is 0. The molecule has 2 aliphatic rings. The Morgan fingerprint density at radius 2 is 1.89 bits per heavy atom. The first-order chi connectivity index (χ1) is 13.5. The molecule has 0 aromatic heterocycles. The van der Waals surface area contributed by atoms with Gasteiger partial charge in [0.2, 0.25) is 5.91 Å². The van der Waals surface area contributed by atoms with Crippen LogP contribution < -0.4 is 10.2 Å². The zero-order valence-corrected chi connectivity index (χ0v) is 16.2. The minimum absolute atomic E-state index is 0.163. The van der Waals surface area contributed by atoms with Crippen LogP contribution in [0.5, 0.6) is 0 Å². The molecule has 0 saturated carbocycles. The minimum atomic E-state index is -0.538. The van der Waals surface area contributed by atoms with Gasteiger partial charge in [-0.05, 0) is 35.7 Å². The lowest BCUT2D eigenvalue weighted by Crippen LogP contribution is -2.63. The predicted octanol–water partition coefficient (Wildman–Crippen LogP) is 3.75. The van der Waals surface area contributed by atoms with Crippen LogP contribution in [0.15, 0.2) is 66.1 Å². The molecular formula is C20H16ClN3O3S. The van der Waals surface area contributed by atoms with Crippen LogP contribution in [0.4, 0.5) is 16.2 Å². The third kappa shape index (κ3) is 3.50. The molecule has 4 rings (SSSR count). The number of halogens is 1. The first-order valence-electron chi connectivity index (χ1n) is 8.62. The maximum atomic E-state index is 13.1. The van der Waals surface area contributed by atoms with Crippen molar-refractivity contribution in [1.29, 1.82) is 0 Å². The molecule has 1 N–H and O–H groups in total. The summed E-state index contributed by atoms with van der Waals surface area (Å²) in [5, 5.41) is 4.51. The van der Waals surface area contributed by atoms with E-state index in [0.717, 1.165) is 4.90 Å². The smallest absolute Gasteiger partial charge is 0.325 e. The van der Waals surface area contributed by atoms with Gasteiger partial charge in [0.1, 0.15) is 11.8 Å². The average Bonchev–Trinajstić information content (AvgIpc) is 3.16. The van der Waals surface area contributed by atoms with Crippen LogP contribution in [-0.4, -0.2) is 40.6 Å². The lowest BCUT2D eigenvalue weighted by Gasteiger charge is -2.40. The molecule has 28 heavy (non-hydrogen) atoms. The fourth-order valence-electron chi connectivity index (χ4n) is 3.24. The van der Waals surface area contributed by atoms with Gasteiger partial charge in [0.05, 0.1) is 11.7 Å². The van der Waals surface area contributed by atoms with Gasteiger partial charge in [-0.3, -0.25) is 9.59 Å². The number of anilines is 2. The van der Waals surface area contributed by atoms with Crippen molar-refractivity contribution in [3.05, 3.63) is 71.1 Å². The Morgan fingerprint density at radius 3 is 2.64 bits per heavy atom. The second-order valence-electron chi connectivity index (χ2n) is 6.35. The van der Waals surface area contributed by atoms with Gasteiger partial charge in [-0.25, -0.2) is 9.69 Å². The lowest BCUT2D eigenvalue weighted by atomic mass is 10.1.